The minimum atomic E-state index is 0. The molecule has 0 nitrogen and oxygen atoms in total. The normalized spacial score (nSPS) is 13.3. The minimum absolute atomic E-state index is 0. The maximum Gasteiger partial charge on any atom is 3.00 e. The first kappa shape index (κ1) is 33.2. The molecule has 0 N–H and O–H groups in total. The van der Waals surface area contributed by atoms with Crippen LogP contribution in [-0.4, -0.2) is 9.52 Å². The molecule has 0 saturated heterocycles. The Bertz CT molecular complexity index is 1790. The van der Waals surface area contributed by atoms with Crippen LogP contribution in [0.3, 0.4) is 0 Å². The van der Waals surface area contributed by atoms with Crippen molar-refractivity contribution in [3.05, 3.63) is 131 Å². The summed E-state index contributed by atoms with van der Waals surface area (Å²) < 4.78 is 0. The Balaban J connectivity index is 0.000000740. The molecule has 41 heavy (non-hydrogen) atoms. The summed E-state index contributed by atoms with van der Waals surface area (Å²) in [5.74, 6) is 0.306. The maximum absolute atomic E-state index is 2.50. The molecule has 0 heterocycles. The molecule has 0 aromatic heterocycles. The van der Waals surface area contributed by atoms with Gasteiger partial charge in [-0.25, -0.2) is 0 Å². The first-order valence-electron chi connectivity index (χ1n) is 13.7. The molecule has 0 amide bonds. The zero-order chi connectivity index (χ0) is 26.1. The summed E-state index contributed by atoms with van der Waals surface area (Å²) in [6.45, 7) is 6.60. The van der Waals surface area contributed by atoms with Crippen LogP contribution in [0.2, 0.25) is 13.1 Å². The molecule has 0 fully saturated rings. The van der Waals surface area contributed by atoms with Gasteiger partial charge in [0.25, 0.3) is 0 Å². The number of hydrogen-bond donors (Lipinski definition) is 0. The number of hydrogen-bond acceptors (Lipinski definition) is 0. The van der Waals surface area contributed by atoms with Gasteiger partial charge in [0, 0.05) is 15.4 Å². The average Bonchev–Trinajstić information content (AvgIpc) is 3.52. The first-order chi connectivity index (χ1) is 18.7. The van der Waals surface area contributed by atoms with E-state index in [0.29, 0.717) is 5.92 Å². The largest absolute Gasteiger partial charge is 3.00 e. The molecule has 7 rings (SSSR count). The molecular formula is C37H33Cl2SiZr. The molecule has 6 aromatic rings. The predicted octanol–water partition coefficient (Wildman–Crippen LogP) is 4.65. The molecular weight excluding hydrogens is 635 g/mol. The number of allylic oxidation sites excluding steroid dienone is 1. The van der Waals surface area contributed by atoms with Gasteiger partial charge in [0.15, 0.2) is 0 Å². The van der Waals surface area contributed by atoms with Crippen LogP contribution in [-0.2, 0) is 26.2 Å². The number of fused-ring (bicyclic) bond motifs is 5. The third-order valence-corrected chi connectivity index (χ3v) is 7.77. The van der Waals surface area contributed by atoms with Crippen LogP contribution >= 0.6 is 0 Å². The van der Waals surface area contributed by atoms with E-state index in [4.69, 9.17) is 0 Å². The molecule has 203 valence electrons. The summed E-state index contributed by atoms with van der Waals surface area (Å²) in [5, 5.41) is 8.06. The molecule has 0 saturated carbocycles. The predicted molar refractivity (Wildman–Crippen MR) is 169 cm³/mol. The van der Waals surface area contributed by atoms with Crippen LogP contribution < -0.4 is 24.8 Å². The standard InChI is InChI=1S/C35H27.C2H6Si.2ClH.Zr/c1-2-10-25-22-34-30(28-16-7-13-23-11-3-5-14-26(23)28)18-9-20-32(34)35(25)31-19-8-17-29-27-15-6-4-12-24(27)21-33(29)31;1-3-2;;;/h3-9,11-22,35H,2,10H2,1H3;1-2H3;2*1H;/q-1;;;;+3/p-2. The van der Waals surface area contributed by atoms with E-state index in [1.807, 2.05) is 0 Å². The van der Waals surface area contributed by atoms with Gasteiger partial charge in [0.05, 0.1) is 0 Å². The Kier molecular flexibility index (Phi) is 11.9. The van der Waals surface area contributed by atoms with Crippen LogP contribution in [0.5, 0.6) is 0 Å². The van der Waals surface area contributed by atoms with Crippen molar-refractivity contribution >= 4 is 47.9 Å². The topological polar surface area (TPSA) is 0 Å². The SMILES string of the molecule is CCCC1=Cc2c(-c3cccc4ccccc34)cccc2C1c1cccc2c1[cH-]c1ccccc12.C[Si]C.[Cl-].[Cl-].[Zr+3]. The van der Waals surface area contributed by atoms with E-state index in [9.17, 15) is 0 Å². The third-order valence-electron chi connectivity index (χ3n) is 7.77. The van der Waals surface area contributed by atoms with Crippen molar-refractivity contribution in [3.8, 4) is 11.1 Å². The van der Waals surface area contributed by atoms with Crippen LogP contribution in [0.15, 0.2) is 115 Å². The monoisotopic (exact) mass is 665 g/mol. The van der Waals surface area contributed by atoms with Crippen LogP contribution in [0, 0.1) is 0 Å². The van der Waals surface area contributed by atoms with Crippen molar-refractivity contribution in [2.75, 3.05) is 0 Å². The maximum atomic E-state index is 2.50. The van der Waals surface area contributed by atoms with Crippen molar-refractivity contribution in [1.82, 2.24) is 0 Å². The third kappa shape index (κ3) is 6.09. The van der Waals surface area contributed by atoms with E-state index < -0.39 is 0 Å². The molecule has 0 bridgehead atoms. The van der Waals surface area contributed by atoms with Crippen molar-refractivity contribution in [3.63, 3.8) is 0 Å². The second-order valence-electron chi connectivity index (χ2n) is 10.3. The second kappa shape index (κ2) is 14.7. The Morgan fingerprint density at radius 1 is 0.659 bits per heavy atom. The smallest absolute Gasteiger partial charge is 1.00 e. The van der Waals surface area contributed by atoms with Gasteiger partial charge >= 0.3 is 26.2 Å². The zero-order valence-electron chi connectivity index (χ0n) is 23.7. The molecule has 1 atom stereocenters. The van der Waals surface area contributed by atoms with Crippen molar-refractivity contribution in [1.29, 1.82) is 0 Å². The number of rotatable bonds is 4. The minimum Gasteiger partial charge on any atom is -1.00 e. The average molecular weight is 668 g/mol. The van der Waals surface area contributed by atoms with E-state index in [-0.39, 0.29) is 51.0 Å². The quantitative estimate of drug-likeness (QED) is 0.190. The van der Waals surface area contributed by atoms with Crippen LogP contribution in [0.4, 0.5) is 0 Å². The van der Waals surface area contributed by atoms with Gasteiger partial charge in [-0.3, -0.25) is 0 Å². The Morgan fingerprint density at radius 3 is 2.02 bits per heavy atom. The van der Waals surface area contributed by atoms with E-state index in [0.717, 1.165) is 22.4 Å². The fraction of sp³-hybridized carbons (Fsp3) is 0.162. The molecule has 6 aromatic carbocycles. The van der Waals surface area contributed by atoms with E-state index in [1.165, 1.54) is 65.7 Å². The second-order valence-corrected chi connectivity index (χ2v) is 11.3. The zero-order valence-corrected chi connectivity index (χ0v) is 28.7. The molecule has 4 heteroatoms. The first-order valence-corrected chi connectivity index (χ1v) is 15.7. The van der Waals surface area contributed by atoms with Gasteiger partial charge in [-0.1, -0.05) is 141 Å². The van der Waals surface area contributed by atoms with E-state index in [1.54, 1.807) is 0 Å². The van der Waals surface area contributed by atoms with Gasteiger partial charge in [-0.05, 0) is 39.4 Å². The summed E-state index contributed by atoms with van der Waals surface area (Å²) in [7, 11) is 1.08. The molecule has 1 unspecified atom stereocenters. The fourth-order valence-electron chi connectivity index (χ4n) is 6.29. The summed E-state index contributed by atoms with van der Waals surface area (Å²) in [6, 6.07) is 40.4. The van der Waals surface area contributed by atoms with Crippen molar-refractivity contribution in [2.24, 2.45) is 0 Å². The van der Waals surface area contributed by atoms with E-state index in [2.05, 4.69) is 135 Å². The molecule has 1 aliphatic carbocycles. The summed E-state index contributed by atoms with van der Waals surface area (Å²) in [6.07, 6.45) is 4.77. The van der Waals surface area contributed by atoms with E-state index >= 15 is 0 Å². The van der Waals surface area contributed by atoms with Gasteiger partial charge in [0.2, 0.25) is 0 Å². The van der Waals surface area contributed by atoms with Gasteiger partial charge in [-0.2, -0.15) is 0 Å². The number of halogens is 2. The van der Waals surface area contributed by atoms with Gasteiger partial charge in [-0.15, -0.1) is 33.7 Å². The van der Waals surface area contributed by atoms with Crippen LogP contribution in [0.25, 0.3) is 49.5 Å². The van der Waals surface area contributed by atoms with Gasteiger partial charge < -0.3 is 24.8 Å². The van der Waals surface area contributed by atoms with Gasteiger partial charge in [0.1, 0.15) is 0 Å². The fourth-order valence-corrected chi connectivity index (χ4v) is 6.29. The van der Waals surface area contributed by atoms with Crippen molar-refractivity contribution in [2.45, 2.75) is 38.8 Å². The molecule has 0 aliphatic heterocycles. The molecule has 0 spiro atoms. The molecule has 1 aliphatic rings. The summed E-state index contributed by atoms with van der Waals surface area (Å²) in [4.78, 5) is 0. The number of benzene rings is 5. The Hall–Kier alpha value is -2.35. The molecule has 3 radical (unpaired) electrons. The van der Waals surface area contributed by atoms with Crippen LogP contribution in [0.1, 0.15) is 42.4 Å². The summed E-state index contributed by atoms with van der Waals surface area (Å²) in [5.41, 5.74) is 8.47. The van der Waals surface area contributed by atoms with Crippen molar-refractivity contribution < 1.29 is 51.0 Å². The Morgan fingerprint density at radius 2 is 1.24 bits per heavy atom. The Labute approximate surface area is 278 Å². The summed E-state index contributed by atoms with van der Waals surface area (Å²) >= 11 is 0.